The van der Waals surface area contributed by atoms with E-state index in [1.54, 1.807) is 26.2 Å². The summed E-state index contributed by atoms with van der Waals surface area (Å²) in [4.78, 5) is 21.2. The van der Waals surface area contributed by atoms with E-state index in [0.717, 1.165) is 11.3 Å². The SMILES string of the molecule is COc1ccc(CCNc2ncnc(N(C)c3ccccc3)c2[N+](=O)[O-])cc1OC. The van der Waals surface area contributed by atoms with Crippen molar-refractivity contribution in [1.29, 1.82) is 0 Å². The molecule has 0 fully saturated rings. The van der Waals surface area contributed by atoms with Crippen LogP contribution in [0, 0.1) is 10.1 Å². The molecule has 9 nitrogen and oxygen atoms in total. The molecule has 0 saturated heterocycles. The number of hydrogen-bond donors (Lipinski definition) is 1. The molecule has 0 aliphatic rings. The molecule has 0 saturated carbocycles. The first-order chi connectivity index (χ1) is 14.5. The number of anilines is 3. The van der Waals surface area contributed by atoms with E-state index in [4.69, 9.17) is 9.47 Å². The largest absolute Gasteiger partial charge is 0.493 e. The highest BCUT2D eigenvalue weighted by molar-refractivity contribution is 5.75. The number of benzene rings is 2. The molecule has 9 heteroatoms. The summed E-state index contributed by atoms with van der Waals surface area (Å²) in [5.41, 5.74) is 1.62. The van der Waals surface area contributed by atoms with Crippen LogP contribution in [-0.4, -0.2) is 42.7 Å². The Hall–Kier alpha value is -3.88. The Labute approximate surface area is 174 Å². The summed E-state index contributed by atoms with van der Waals surface area (Å²) in [7, 11) is 4.89. The van der Waals surface area contributed by atoms with Crippen LogP contribution in [0.2, 0.25) is 0 Å². The second kappa shape index (κ2) is 9.55. The van der Waals surface area contributed by atoms with Gasteiger partial charge in [0.15, 0.2) is 11.5 Å². The van der Waals surface area contributed by atoms with Gasteiger partial charge in [-0.25, -0.2) is 9.97 Å². The second-order valence-corrected chi connectivity index (χ2v) is 6.41. The Morgan fingerprint density at radius 2 is 1.80 bits per heavy atom. The fraction of sp³-hybridized carbons (Fsp3) is 0.238. The van der Waals surface area contributed by atoms with E-state index in [2.05, 4.69) is 15.3 Å². The summed E-state index contributed by atoms with van der Waals surface area (Å²) < 4.78 is 10.6. The lowest BCUT2D eigenvalue weighted by Crippen LogP contribution is -2.16. The van der Waals surface area contributed by atoms with E-state index in [1.807, 2.05) is 48.5 Å². The average molecular weight is 409 g/mol. The molecule has 0 spiro atoms. The molecule has 1 aromatic heterocycles. The van der Waals surface area contributed by atoms with Gasteiger partial charge in [-0.15, -0.1) is 0 Å². The zero-order chi connectivity index (χ0) is 21.5. The first-order valence-electron chi connectivity index (χ1n) is 9.28. The lowest BCUT2D eigenvalue weighted by molar-refractivity contribution is -0.383. The van der Waals surface area contributed by atoms with Crippen LogP contribution in [0.25, 0.3) is 0 Å². The molecule has 0 bridgehead atoms. The molecular weight excluding hydrogens is 386 g/mol. The number of methoxy groups -OCH3 is 2. The van der Waals surface area contributed by atoms with E-state index in [-0.39, 0.29) is 17.3 Å². The van der Waals surface area contributed by atoms with Gasteiger partial charge in [0.1, 0.15) is 6.33 Å². The van der Waals surface area contributed by atoms with Gasteiger partial charge in [-0.2, -0.15) is 0 Å². The third-order valence-corrected chi connectivity index (χ3v) is 4.60. The first kappa shape index (κ1) is 20.8. The van der Waals surface area contributed by atoms with Crippen LogP contribution in [0.4, 0.5) is 23.0 Å². The minimum absolute atomic E-state index is 0.170. The zero-order valence-electron chi connectivity index (χ0n) is 17.0. The van der Waals surface area contributed by atoms with Crippen LogP contribution in [0.5, 0.6) is 11.5 Å². The molecule has 1 heterocycles. The molecule has 1 N–H and O–H groups in total. The van der Waals surface area contributed by atoms with Crippen molar-refractivity contribution < 1.29 is 14.4 Å². The maximum absolute atomic E-state index is 11.8. The molecule has 2 aromatic carbocycles. The quantitative estimate of drug-likeness (QED) is 0.420. The van der Waals surface area contributed by atoms with Crippen molar-refractivity contribution >= 4 is 23.0 Å². The number of nitrogens with zero attached hydrogens (tertiary/aromatic N) is 4. The fourth-order valence-electron chi connectivity index (χ4n) is 3.05. The van der Waals surface area contributed by atoms with Gasteiger partial charge in [0.2, 0.25) is 11.6 Å². The number of nitrogens with one attached hydrogen (secondary N) is 1. The summed E-state index contributed by atoms with van der Waals surface area (Å²) in [6.45, 7) is 0.446. The first-order valence-corrected chi connectivity index (χ1v) is 9.28. The molecule has 0 aliphatic carbocycles. The van der Waals surface area contributed by atoms with Crippen molar-refractivity contribution in [3.63, 3.8) is 0 Å². The fourth-order valence-corrected chi connectivity index (χ4v) is 3.05. The molecule has 0 radical (unpaired) electrons. The molecular formula is C21H23N5O4. The second-order valence-electron chi connectivity index (χ2n) is 6.41. The molecule has 3 rings (SSSR count). The van der Waals surface area contributed by atoms with Crippen molar-refractivity contribution in [2.45, 2.75) is 6.42 Å². The van der Waals surface area contributed by atoms with Gasteiger partial charge in [-0.05, 0) is 36.2 Å². The van der Waals surface area contributed by atoms with Crippen LogP contribution in [-0.2, 0) is 6.42 Å². The number of nitro groups is 1. The Morgan fingerprint density at radius 3 is 2.47 bits per heavy atom. The predicted molar refractivity (Wildman–Crippen MR) is 115 cm³/mol. The Balaban J connectivity index is 1.79. The number of ether oxygens (including phenoxy) is 2. The van der Waals surface area contributed by atoms with Crippen molar-refractivity contribution in [1.82, 2.24) is 9.97 Å². The van der Waals surface area contributed by atoms with Crippen LogP contribution in [0.3, 0.4) is 0 Å². The van der Waals surface area contributed by atoms with Gasteiger partial charge in [0.05, 0.1) is 19.1 Å². The number of rotatable bonds is 9. The van der Waals surface area contributed by atoms with Crippen LogP contribution < -0.4 is 19.7 Å². The Bertz CT molecular complexity index is 1010. The van der Waals surface area contributed by atoms with E-state index >= 15 is 0 Å². The topological polar surface area (TPSA) is 103 Å². The number of hydrogen-bond acceptors (Lipinski definition) is 8. The van der Waals surface area contributed by atoms with Gasteiger partial charge in [0.25, 0.3) is 0 Å². The maximum Gasteiger partial charge on any atom is 0.353 e. The highest BCUT2D eigenvalue weighted by Gasteiger charge is 2.26. The molecule has 0 atom stereocenters. The zero-order valence-corrected chi connectivity index (χ0v) is 17.0. The van der Waals surface area contributed by atoms with E-state index in [0.29, 0.717) is 24.5 Å². The molecule has 0 aliphatic heterocycles. The lowest BCUT2D eigenvalue weighted by atomic mass is 10.1. The summed E-state index contributed by atoms with van der Waals surface area (Å²) >= 11 is 0. The van der Waals surface area contributed by atoms with Gasteiger partial charge < -0.3 is 19.7 Å². The van der Waals surface area contributed by atoms with E-state index in [1.165, 1.54) is 6.33 Å². The highest BCUT2D eigenvalue weighted by atomic mass is 16.6. The highest BCUT2D eigenvalue weighted by Crippen LogP contribution is 2.34. The summed E-state index contributed by atoms with van der Waals surface area (Å²) in [6.07, 6.45) is 1.94. The minimum Gasteiger partial charge on any atom is -0.493 e. The molecule has 0 amide bonds. The molecule has 30 heavy (non-hydrogen) atoms. The number of aromatic nitrogens is 2. The molecule has 3 aromatic rings. The Morgan fingerprint density at radius 1 is 1.07 bits per heavy atom. The van der Waals surface area contributed by atoms with Crippen molar-refractivity contribution in [3.05, 3.63) is 70.5 Å². The van der Waals surface area contributed by atoms with Crippen LogP contribution in [0.1, 0.15) is 5.56 Å². The minimum atomic E-state index is -0.465. The van der Waals surface area contributed by atoms with Crippen molar-refractivity contribution in [2.75, 3.05) is 38.0 Å². The van der Waals surface area contributed by atoms with Gasteiger partial charge in [-0.1, -0.05) is 24.3 Å². The summed E-state index contributed by atoms with van der Waals surface area (Å²) in [5.74, 6) is 1.67. The lowest BCUT2D eigenvalue weighted by Gasteiger charge is -2.18. The molecule has 156 valence electrons. The van der Waals surface area contributed by atoms with Gasteiger partial charge >= 0.3 is 5.69 Å². The molecule has 0 unspecified atom stereocenters. The van der Waals surface area contributed by atoms with Gasteiger partial charge in [-0.3, -0.25) is 10.1 Å². The Kier molecular flexibility index (Phi) is 6.63. The van der Waals surface area contributed by atoms with Crippen LogP contribution in [0.15, 0.2) is 54.9 Å². The summed E-state index contributed by atoms with van der Waals surface area (Å²) in [6, 6.07) is 14.9. The number of para-hydroxylation sites is 1. The van der Waals surface area contributed by atoms with E-state index < -0.39 is 4.92 Å². The van der Waals surface area contributed by atoms with Crippen molar-refractivity contribution in [2.24, 2.45) is 0 Å². The average Bonchev–Trinajstić information content (AvgIpc) is 2.78. The van der Waals surface area contributed by atoms with Crippen molar-refractivity contribution in [3.8, 4) is 11.5 Å². The smallest absolute Gasteiger partial charge is 0.353 e. The normalized spacial score (nSPS) is 10.4. The third kappa shape index (κ3) is 4.57. The van der Waals surface area contributed by atoms with Gasteiger partial charge in [0, 0.05) is 19.3 Å². The monoisotopic (exact) mass is 409 g/mol. The summed E-state index contributed by atoms with van der Waals surface area (Å²) in [5, 5.41) is 14.9. The van der Waals surface area contributed by atoms with Crippen LogP contribution >= 0.6 is 0 Å². The maximum atomic E-state index is 11.8. The predicted octanol–water partition coefficient (Wildman–Crippen LogP) is 3.82. The third-order valence-electron chi connectivity index (χ3n) is 4.60. The van der Waals surface area contributed by atoms with E-state index in [9.17, 15) is 10.1 Å². The standard InChI is InChI=1S/C21H23N5O4/c1-25(16-7-5-4-6-8-16)21-19(26(27)28)20(23-14-24-21)22-12-11-15-9-10-17(29-2)18(13-15)30-3/h4-10,13-14H,11-12H2,1-3H3,(H,22,23,24).